The number of nitrogens with zero attached hydrogens (tertiary/aromatic N) is 1. The van der Waals surface area contributed by atoms with Gasteiger partial charge in [0.15, 0.2) is 0 Å². The van der Waals surface area contributed by atoms with E-state index in [-0.39, 0.29) is 19.0 Å². The summed E-state index contributed by atoms with van der Waals surface area (Å²) in [7, 11) is 0. The second kappa shape index (κ2) is 4.02. The first kappa shape index (κ1) is 10.8. The van der Waals surface area contributed by atoms with Crippen molar-refractivity contribution in [3.63, 3.8) is 0 Å². The van der Waals surface area contributed by atoms with Gasteiger partial charge in [0.05, 0.1) is 17.9 Å². The lowest BCUT2D eigenvalue weighted by Crippen LogP contribution is -2.41. The van der Waals surface area contributed by atoms with E-state index in [9.17, 15) is 9.59 Å². The Hall–Kier alpha value is -1.75. The van der Waals surface area contributed by atoms with Gasteiger partial charge in [0.2, 0.25) is 5.91 Å². The molecule has 0 saturated heterocycles. The number of hydrogen-bond donors (Lipinski definition) is 2. The minimum Gasteiger partial charge on any atom is -0.480 e. The topological polar surface area (TPSA) is 69.6 Å². The fraction of sp³-hybridized carbons (Fsp3) is 0.200. The van der Waals surface area contributed by atoms with Gasteiger partial charge in [-0.2, -0.15) is 0 Å². The van der Waals surface area contributed by atoms with Crippen LogP contribution in [0, 0.1) is 0 Å². The molecule has 0 radical (unpaired) electrons. The molecule has 16 heavy (non-hydrogen) atoms. The van der Waals surface area contributed by atoms with Gasteiger partial charge in [-0.1, -0.05) is 11.6 Å². The van der Waals surface area contributed by atoms with Crippen molar-refractivity contribution in [2.45, 2.75) is 0 Å². The van der Waals surface area contributed by atoms with Crippen molar-refractivity contribution in [1.29, 1.82) is 0 Å². The van der Waals surface area contributed by atoms with Gasteiger partial charge in [0.25, 0.3) is 0 Å². The van der Waals surface area contributed by atoms with Crippen LogP contribution < -0.4 is 10.2 Å². The predicted molar refractivity (Wildman–Crippen MR) is 59.9 cm³/mol. The minimum atomic E-state index is -0.986. The molecule has 1 heterocycles. The summed E-state index contributed by atoms with van der Waals surface area (Å²) in [4.78, 5) is 23.5. The van der Waals surface area contributed by atoms with Crippen LogP contribution in [0.5, 0.6) is 0 Å². The fourth-order valence-corrected chi connectivity index (χ4v) is 1.79. The molecule has 0 aromatic heterocycles. The molecular weight excluding hydrogens is 232 g/mol. The molecule has 0 unspecified atom stereocenters. The average molecular weight is 241 g/mol. The Labute approximate surface area is 96.6 Å². The van der Waals surface area contributed by atoms with E-state index in [1.54, 1.807) is 18.2 Å². The number of fused-ring (bicyclic) bond motifs is 1. The molecule has 1 aliphatic rings. The van der Waals surface area contributed by atoms with E-state index in [1.807, 2.05) is 0 Å². The molecular formula is C10H9ClN2O3. The predicted octanol–water partition coefficient (Wildman–Crippen LogP) is 1.18. The highest BCUT2D eigenvalue weighted by Gasteiger charge is 2.23. The van der Waals surface area contributed by atoms with Crippen LogP contribution in [0.15, 0.2) is 18.2 Å². The lowest BCUT2D eigenvalue weighted by atomic mass is 10.2. The van der Waals surface area contributed by atoms with Crippen LogP contribution in [0.25, 0.3) is 0 Å². The van der Waals surface area contributed by atoms with Crippen molar-refractivity contribution in [1.82, 2.24) is 0 Å². The third kappa shape index (κ3) is 2.09. The van der Waals surface area contributed by atoms with Crippen LogP contribution in [0.2, 0.25) is 5.02 Å². The van der Waals surface area contributed by atoms with E-state index >= 15 is 0 Å². The maximum atomic E-state index is 11.3. The number of aliphatic carboxylic acids is 1. The molecule has 5 nitrogen and oxygen atoms in total. The van der Waals surface area contributed by atoms with E-state index in [4.69, 9.17) is 16.7 Å². The molecule has 2 rings (SSSR count). The Morgan fingerprint density at radius 3 is 3.00 bits per heavy atom. The molecule has 0 fully saturated rings. The Balaban J connectivity index is 2.39. The second-order valence-corrected chi connectivity index (χ2v) is 3.90. The summed E-state index contributed by atoms with van der Waals surface area (Å²) in [6.45, 7) is -0.194. The monoisotopic (exact) mass is 240 g/mol. The van der Waals surface area contributed by atoms with Crippen molar-refractivity contribution in [3.05, 3.63) is 23.2 Å². The van der Waals surface area contributed by atoms with Gasteiger partial charge in [0.1, 0.15) is 6.54 Å². The Morgan fingerprint density at radius 1 is 1.56 bits per heavy atom. The summed E-state index contributed by atoms with van der Waals surface area (Å²) in [5, 5.41) is 11.9. The quantitative estimate of drug-likeness (QED) is 0.815. The van der Waals surface area contributed by atoms with E-state index < -0.39 is 5.97 Å². The van der Waals surface area contributed by atoms with Crippen LogP contribution in [0.4, 0.5) is 11.4 Å². The Bertz CT molecular complexity index is 461. The number of carboxylic acid groups (broad SMARTS) is 1. The van der Waals surface area contributed by atoms with Crippen molar-refractivity contribution in [2.75, 3.05) is 23.3 Å². The van der Waals surface area contributed by atoms with Gasteiger partial charge in [-0.15, -0.1) is 0 Å². The van der Waals surface area contributed by atoms with Crippen molar-refractivity contribution >= 4 is 34.9 Å². The molecule has 1 aliphatic heterocycles. The first-order chi connectivity index (χ1) is 7.56. The van der Waals surface area contributed by atoms with Crippen LogP contribution in [0.1, 0.15) is 0 Å². The normalized spacial score (nSPS) is 14.3. The molecule has 0 bridgehead atoms. The lowest BCUT2D eigenvalue weighted by molar-refractivity contribution is -0.135. The number of carboxylic acids is 1. The van der Waals surface area contributed by atoms with Crippen molar-refractivity contribution in [3.8, 4) is 0 Å². The molecule has 0 aliphatic carbocycles. The zero-order valence-electron chi connectivity index (χ0n) is 8.24. The number of benzene rings is 1. The maximum Gasteiger partial charge on any atom is 0.323 e. The number of hydrogen-bond acceptors (Lipinski definition) is 3. The van der Waals surface area contributed by atoms with Crippen LogP contribution in [-0.2, 0) is 9.59 Å². The Kier molecular flexibility index (Phi) is 2.70. The number of amides is 1. The van der Waals surface area contributed by atoms with Crippen LogP contribution >= 0.6 is 11.6 Å². The standard InChI is InChI=1S/C10H9ClN2O3/c11-6-1-2-7-8(3-6)13(5-10(15)16)4-9(14)12-7/h1-3H,4-5H2,(H,12,14)(H,15,16). The third-order valence-electron chi connectivity index (χ3n) is 2.24. The summed E-state index contributed by atoms with van der Waals surface area (Å²) in [5.41, 5.74) is 1.22. The molecule has 1 aromatic carbocycles. The van der Waals surface area contributed by atoms with Gasteiger partial charge >= 0.3 is 5.97 Å². The molecule has 1 aromatic rings. The number of halogens is 1. The molecule has 1 amide bonds. The SMILES string of the molecule is O=C(O)CN1CC(=O)Nc2ccc(Cl)cc21. The highest BCUT2D eigenvalue weighted by Crippen LogP contribution is 2.31. The van der Waals surface area contributed by atoms with E-state index in [2.05, 4.69) is 5.32 Å². The molecule has 2 N–H and O–H groups in total. The summed E-state index contributed by atoms with van der Waals surface area (Å²) >= 11 is 5.83. The second-order valence-electron chi connectivity index (χ2n) is 3.46. The highest BCUT2D eigenvalue weighted by atomic mass is 35.5. The largest absolute Gasteiger partial charge is 0.480 e. The smallest absolute Gasteiger partial charge is 0.323 e. The number of carbonyl (C=O) groups is 2. The van der Waals surface area contributed by atoms with E-state index in [0.29, 0.717) is 16.4 Å². The summed E-state index contributed by atoms with van der Waals surface area (Å²) < 4.78 is 0. The lowest BCUT2D eigenvalue weighted by Gasteiger charge is -2.29. The van der Waals surface area contributed by atoms with Crippen molar-refractivity contribution in [2.24, 2.45) is 0 Å². The summed E-state index contributed by atoms with van der Waals surface area (Å²) in [5.74, 6) is -1.21. The van der Waals surface area contributed by atoms with Gasteiger partial charge in [0, 0.05) is 5.02 Å². The van der Waals surface area contributed by atoms with E-state index in [1.165, 1.54) is 4.90 Å². The first-order valence-corrected chi connectivity index (χ1v) is 5.00. The van der Waals surface area contributed by atoms with Gasteiger partial charge < -0.3 is 15.3 Å². The highest BCUT2D eigenvalue weighted by molar-refractivity contribution is 6.31. The van der Waals surface area contributed by atoms with E-state index in [0.717, 1.165) is 0 Å². The van der Waals surface area contributed by atoms with Gasteiger partial charge in [-0.05, 0) is 18.2 Å². The molecule has 0 saturated carbocycles. The minimum absolute atomic E-state index is 0.0274. The maximum absolute atomic E-state index is 11.3. The molecule has 0 spiro atoms. The van der Waals surface area contributed by atoms with Crippen molar-refractivity contribution < 1.29 is 14.7 Å². The zero-order valence-corrected chi connectivity index (χ0v) is 8.99. The Morgan fingerprint density at radius 2 is 2.31 bits per heavy atom. The zero-order chi connectivity index (χ0) is 11.7. The number of anilines is 2. The van der Waals surface area contributed by atoms with Gasteiger partial charge in [-0.25, -0.2) is 0 Å². The van der Waals surface area contributed by atoms with Gasteiger partial charge in [-0.3, -0.25) is 9.59 Å². The van der Waals surface area contributed by atoms with Crippen LogP contribution in [-0.4, -0.2) is 30.1 Å². The summed E-state index contributed by atoms with van der Waals surface area (Å²) in [6, 6.07) is 4.94. The molecule has 0 atom stereocenters. The average Bonchev–Trinajstić information content (AvgIpc) is 2.18. The number of rotatable bonds is 2. The molecule has 6 heteroatoms. The summed E-state index contributed by atoms with van der Waals surface area (Å²) in [6.07, 6.45) is 0. The number of nitrogens with one attached hydrogen (secondary N) is 1. The first-order valence-electron chi connectivity index (χ1n) is 4.62. The number of carbonyl (C=O) groups excluding carboxylic acids is 1. The van der Waals surface area contributed by atoms with Crippen LogP contribution in [0.3, 0.4) is 0 Å². The molecule has 84 valence electrons. The third-order valence-corrected chi connectivity index (χ3v) is 2.47. The fourth-order valence-electron chi connectivity index (χ4n) is 1.62.